The fraction of sp³-hybridized carbons (Fsp3) is 0.342. The fourth-order valence-electron chi connectivity index (χ4n) is 7.42. The monoisotopic (exact) mass is 558 g/mol. The van der Waals surface area contributed by atoms with Gasteiger partial charge < -0.3 is 14.6 Å². The number of para-hydroxylation sites is 2. The van der Waals surface area contributed by atoms with Gasteiger partial charge in [-0.05, 0) is 50.1 Å². The van der Waals surface area contributed by atoms with E-state index < -0.39 is 0 Å². The second kappa shape index (κ2) is 10.7. The summed E-state index contributed by atoms with van der Waals surface area (Å²) in [5, 5.41) is 12.4. The van der Waals surface area contributed by atoms with Gasteiger partial charge in [-0.25, -0.2) is 0 Å². The van der Waals surface area contributed by atoms with Crippen LogP contribution in [0, 0.1) is 0 Å². The molecule has 0 atom stereocenters. The Labute approximate surface area is 250 Å². The number of rotatable bonds is 8. The minimum atomic E-state index is -0.190. The van der Waals surface area contributed by atoms with Crippen LogP contribution in [0.1, 0.15) is 58.6 Å². The summed E-state index contributed by atoms with van der Waals surface area (Å²) in [6, 6.07) is 22.1. The van der Waals surface area contributed by atoms with Crippen molar-refractivity contribution in [3.63, 3.8) is 0 Å². The molecule has 0 aliphatic carbocycles. The highest BCUT2D eigenvalue weighted by atomic mass is 16.3. The number of nitrogens with zero attached hydrogens (tertiary/aromatic N) is 3. The Hall–Kier alpha value is -3.89. The Balaban J connectivity index is 1.38. The summed E-state index contributed by atoms with van der Waals surface area (Å²) in [5.41, 5.74) is 10.3. The third kappa shape index (κ3) is 4.27. The van der Waals surface area contributed by atoms with E-state index in [2.05, 4.69) is 147 Å². The van der Waals surface area contributed by atoms with Gasteiger partial charge in [-0.1, -0.05) is 75.4 Å². The van der Waals surface area contributed by atoms with Crippen molar-refractivity contribution < 1.29 is 9.68 Å². The molecule has 0 spiro atoms. The Morgan fingerprint density at radius 2 is 1.62 bits per heavy atom. The maximum atomic E-state index is 9.75. The predicted molar refractivity (Wildman–Crippen MR) is 178 cm³/mol. The van der Waals surface area contributed by atoms with Crippen molar-refractivity contribution in [2.24, 2.45) is 7.05 Å². The number of hydrogen-bond acceptors (Lipinski definition) is 2. The number of anilines is 1. The number of aliphatic hydroxyl groups excluding tert-OH is 1. The Morgan fingerprint density at radius 3 is 2.40 bits per heavy atom. The highest BCUT2D eigenvalue weighted by Gasteiger charge is 2.46. The third-order valence-electron chi connectivity index (χ3n) is 9.42. The van der Waals surface area contributed by atoms with Gasteiger partial charge in [-0.2, -0.15) is 4.58 Å². The van der Waals surface area contributed by atoms with Gasteiger partial charge in [0.05, 0.1) is 5.41 Å². The molecule has 216 valence electrons. The first-order chi connectivity index (χ1) is 20.2. The molecule has 0 fully saturated rings. The highest BCUT2D eigenvalue weighted by molar-refractivity contribution is 6.16. The van der Waals surface area contributed by atoms with E-state index in [9.17, 15) is 5.11 Å². The van der Waals surface area contributed by atoms with Crippen molar-refractivity contribution >= 4 is 38.9 Å². The minimum absolute atomic E-state index is 0.0332. The smallest absolute Gasteiger partial charge is 0.210 e. The van der Waals surface area contributed by atoms with E-state index in [1.165, 1.54) is 55.7 Å². The molecule has 0 saturated carbocycles. The van der Waals surface area contributed by atoms with Crippen LogP contribution >= 0.6 is 0 Å². The van der Waals surface area contributed by atoms with E-state index in [4.69, 9.17) is 0 Å². The topological polar surface area (TPSA) is 31.4 Å². The van der Waals surface area contributed by atoms with Crippen molar-refractivity contribution in [3.8, 4) is 0 Å². The molecule has 0 bridgehead atoms. The molecule has 1 aromatic heterocycles. The quantitative estimate of drug-likeness (QED) is 0.174. The second-order valence-corrected chi connectivity index (χ2v) is 12.8. The van der Waals surface area contributed by atoms with Crippen LogP contribution in [0.3, 0.4) is 0 Å². The van der Waals surface area contributed by atoms with Gasteiger partial charge in [0, 0.05) is 82.9 Å². The largest absolute Gasteiger partial charge is 0.396 e. The summed E-state index contributed by atoms with van der Waals surface area (Å²) >= 11 is 0. The normalized spacial score (nSPS) is 18.5. The fourth-order valence-corrected chi connectivity index (χ4v) is 7.42. The van der Waals surface area contributed by atoms with Crippen LogP contribution in [-0.2, 0) is 17.9 Å². The zero-order valence-corrected chi connectivity index (χ0v) is 26.0. The minimum Gasteiger partial charge on any atom is -0.396 e. The van der Waals surface area contributed by atoms with Crippen LogP contribution in [0.4, 0.5) is 11.4 Å². The first-order valence-electron chi connectivity index (χ1n) is 15.4. The van der Waals surface area contributed by atoms with Crippen molar-refractivity contribution in [3.05, 3.63) is 108 Å². The number of aryl methyl sites for hydroxylation is 1. The average Bonchev–Trinajstić information content (AvgIpc) is 3.48. The number of allylic oxidation sites excluding steroid dienone is 6. The first kappa shape index (κ1) is 28.2. The molecule has 3 aromatic carbocycles. The van der Waals surface area contributed by atoms with Gasteiger partial charge in [0.1, 0.15) is 0 Å². The van der Waals surface area contributed by atoms with Crippen molar-refractivity contribution in [1.29, 1.82) is 0 Å². The zero-order chi connectivity index (χ0) is 29.6. The molecule has 0 unspecified atom stereocenters. The number of aliphatic hydroxyl groups is 1. The SMILES string of the molecule is CCCN1C(=CC=CC=CC2=[N+](CCCO)c3ccc4c(c3C2(C)C)c2ccccc2n4C)C(C)(C)c2ccccc21. The molecule has 0 saturated heterocycles. The molecule has 4 nitrogen and oxygen atoms in total. The molecule has 42 heavy (non-hydrogen) atoms. The molecule has 3 heterocycles. The Bertz CT molecular complexity index is 1790. The number of aromatic nitrogens is 1. The Kier molecular flexibility index (Phi) is 7.22. The molecule has 1 N–H and O–H groups in total. The highest BCUT2D eigenvalue weighted by Crippen LogP contribution is 2.48. The lowest BCUT2D eigenvalue weighted by Gasteiger charge is -2.26. The maximum Gasteiger partial charge on any atom is 0.210 e. The van der Waals surface area contributed by atoms with E-state index >= 15 is 0 Å². The zero-order valence-electron chi connectivity index (χ0n) is 26.0. The maximum absolute atomic E-state index is 9.75. The molecule has 2 aliphatic rings. The van der Waals surface area contributed by atoms with Crippen LogP contribution in [-0.4, -0.2) is 39.7 Å². The molecule has 0 amide bonds. The molecular formula is C38H44N3O+. The van der Waals surface area contributed by atoms with Crippen LogP contribution in [0.25, 0.3) is 21.8 Å². The van der Waals surface area contributed by atoms with Gasteiger partial charge in [0.15, 0.2) is 12.3 Å². The van der Waals surface area contributed by atoms with Crippen LogP contribution < -0.4 is 4.90 Å². The number of fused-ring (bicyclic) bond motifs is 6. The summed E-state index contributed by atoms with van der Waals surface area (Å²) in [6.45, 7) is 13.6. The van der Waals surface area contributed by atoms with Crippen molar-refractivity contribution in [2.45, 2.75) is 58.3 Å². The van der Waals surface area contributed by atoms with E-state index in [1.807, 2.05) is 0 Å². The molecule has 6 rings (SSSR count). The van der Waals surface area contributed by atoms with Crippen LogP contribution in [0.15, 0.2) is 96.7 Å². The lowest BCUT2D eigenvalue weighted by Crippen LogP contribution is -2.28. The van der Waals surface area contributed by atoms with Gasteiger partial charge in [0.25, 0.3) is 0 Å². The van der Waals surface area contributed by atoms with E-state index in [0.29, 0.717) is 0 Å². The summed E-state index contributed by atoms with van der Waals surface area (Å²) in [7, 11) is 2.16. The molecule has 4 heteroatoms. The van der Waals surface area contributed by atoms with Crippen LogP contribution in [0.5, 0.6) is 0 Å². The molecular weight excluding hydrogens is 514 g/mol. The second-order valence-electron chi connectivity index (χ2n) is 12.8. The number of benzene rings is 3. The van der Waals surface area contributed by atoms with Crippen molar-refractivity contribution in [1.82, 2.24) is 4.57 Å². The van der Waals surface area contributed by atoms with Gasteiger partial charge in [-0.3, -0.25) is 0 Å². The lowest BCUT2D eigenvalue weighted by molar-refractivity contribution is -0.438. The number of hydrogen-bond donors (Lipinski definition) is 1. The third-order valence-corrected chi connectivity index (χ3v) is 9.42. The molecule has 2 aliphatic heterocycles. The molecule has 4 aromatic rings. The lowest BCUT2D eigenvalue weighted by atomic mass is 9.79. The van der Waals surface area contributed by atoms with Gasteiger partial charge in [0.2, 0.25) is 5.69 Å². The summed E-state index contributed by atoms with van der Waals surface area (Å²) in [5.74, 6) is 0. The molecule has 0 radical (unpaired) electrons. The van der Waals surface area contributed by atoms with E-state index in [0.717, 1.165) is 25.9 Å². The van der Waals surface area contributed by atoms with Crippen LogP contribution in [0.2, 0.25) is 0 Å². The van der Waals surface area contributed by atoms with Gasteiger partial charge in [-0.15, -0.1) is 0 Å². The summed E-state index contributed by atoms with van der Waals surface area (Å²) < 4.78 is 4.74. The van der Waals surface area contributed by atoms with E-state index in [-0.39, 0.29) is 17.4 Å². The predicted octanol–water partition coefficient (Wildman–Crippen LogP) is 8.29. The van der Waals surface area contributed by atoms with Gasteiger partial charge >= 0.3 is 0 Å². The van der Waals surface area contributed by atoms with E-state index in [1.54, 1.807) is 0 Å². The first-order valence-corrected chi connectivity index (χ1v) is 15.4. The Morgan fingerprint density at radius 1 is 0.857 bits per heavy atom. The average molecular weight is 559 g/mol. The van der Waals surface area contributed by atoms with Crippen molar-refractivity contribution in [2.75, 3.05) is 24.6 Å². The standard InChI is InChI=1S/C38H44N3O/c1-7-24-40-30-19-14-12-17-28(30)37(2,3)33(40)20-9-8-10-21-34-38(4,5)36-32(41(34)25-15-26-42)23-22-31-35(36)27-16-11-13-18-29(27)39(31)6/h8-14,16-23,42H,7,15,24-26H2,1-6H3/q+1. The summed E-state index contributed by atoms with van der Waals surface area (Å²) in [6.07, 6.45) is 13.0. The summed E-state index contributed by atoms with van der Waals surface area (Å²) in [4.78, 5) is 2.49.